The molecule has 1 N–H and O–H groups in total. The third-order valence-electron chi connectivity index (χ3n) is 2.71. The van der Waals surface area contributed by atoms with Gasteiger partial charge in [0.05, 0.1) is 11.4 Å². The molecule has 1 aromatic carbocycles. The minimum atomic E-state index is 0.836. The van der Waals surface area contributed by atoms with Gasteiger partial charge in [0.15, 0.2) is 0 Å². The number of rotatable bonds is 6. The summed E-state index contributed by atoms with van der Waals surface area (Å²) < 4.78 is 1.95. The number of thioether (sulfide) groups is 1. The lowest BCUT2D eigenvalue weighted by Gasteiger charge is -2.06. The van der Waals surface area contributed by atoms with Crippen molar-refractivity contribution in [1.29, 1.82) is 0 Å². The highest BCUT2D eigenvalue weighted by atomic mass is 32.2. The summed E-state index contributed by atoms with van der Waals surface area (Å²) >= 11 is 1.74. The number of benzene rings is 1. The molecule has 0 aliphatic heterocycles. The molecule has 1 aromatic heterocycles. The molecule has 18 heavy (non-hydrogen) atoms. The van der Waals surface area contributed by atoms with E-state index in [-0.39, 0.29) is 0 Å². The van der Waals surface area contributed by atoms with E-state index in [0.717, 1.165) is 30.9 Å². The van der Waals surface area contributed by atoms with Gasteiger partial charge in [-0.15, -0.1) is 11.8 Å². The van der Waals surface area contributed by atoms with Crippen LogP contribution in [-0.4, -0.2) is 22.6 Å². The van der Waals surface area contributed by atoms with E-state index in [1.807, 2.05) is 16.9 Å². The first-order valence-electron chi connectivity index (χ1n) is 6.23. The quantitative estimate of drug-likeness (QED) is 0.640. The Bertz CT molecular complexity index is 493. The van der Waals surface area contributed by atoms with Gasteiger partial charge in [0, 0.05) is 17.6 Å². The third-order valence-corrected chi connectivity index (χ3v) is 3.49. The second kappa shape index (κ2) is 6.61. The molecule has 1 heterocycles. The molecule has 0 saturated carbocycles. The Hall–Kier alpha value is -1.26. The molecular weight excluding hydrogens is 242 g/mol. The van der Waals surface area contributed by atoms with Gasteiger partial charge < -0.3 is 5.32 Å². The van der Waals surface area contributed by atoms with Crippen molar-refractivity contribution in [2.24, 2.45) is 0 Å². The van der Waals surface area contributed by atoms with Crippen LogP contribution in [0.25, 0.3) is 5.69 Å². The Morgan fingerprint density at radius 2 is 2.11 bits per heavy atom. The predicted octanol–water partition coefficient (Wildman–Crippen LogP) is 3.09. The molecule has 0 saturated heterocycles. The number of hydrogen-bond donors (Lipinski definition) is 1. The molecule has 2 aromatic rings. The SMILES string of the molecule is CCCNCc1ccn(-c2ccccc2SC)n1. The standard InChI is InChI=1S/C14H19N3S/c1-3-9-15-11-12-8-10-17(16-12)13-6-4-5-7-14(13)18-2/h4-8,10,15H,3,9,11H2,1-2H3. The van der Waals surface area contributed by atoms with E-state index in [1.54, 1.807) is 11.8 Å². The molecule has 0 fully saturated rings. The van der Waals surface area contributed by atoms with Crippen LogP contribution >= 0.6 is 11.8 Å². The maximum absolute atomic E-state index is 4.60. The average molecular weight is 261 g/mol. The monoisotopic (exact) mass is 261 g/mol. The van der Waals surface area contributed by atoms with Crippen LogP contribution < -0.4 is 5.32 Å². The largest absolute Gasteiger partial charge is 0.311 e. The molecule has 0 spiro atoms. The summed E-state index contributed by atoms with van der Waals surface area (Å²) in [5.74, 6) is 0. The van der Waals surface area contributed by atoms with Crippen LogP contribution in [0.15, 0.2) is 41.4 Å². The minimum absolute atomic E-state index is 0.836. The maximum atomic E-state index is 4.60. The molecule has 0 aliphatic carbocycles. The summed E-state index contributed by atoms with van der Waals surface area (Å²) in [4.78, 5) is 1.24. The molecule has 3 nitrogen and oxygen atoms in total. The van der Waals surface area contributed by atoms with Crippen molar-refractivity contribution in [3.8, 4) is 5.69 Å². The van der Waals surface area contributed by atoms with Gasteiger partial charge in [-0.05, 0) is 37.4 Å². The smallest absolute Gasteiger partial charge is 0.0781 e. The van der Waals surface area contributed by atoms with Gasteiger partial charge in [-0.1, -0.05) is 19.1 Å². The van der Waals surface area contributed by atoms with E-state index in [0.29, 0.717) is 0 Å². The zero-order chi connectivity index (χ0) is 12.8. The van der Waals surface area contributed by atoms with Crippen LogP contribution in [0.2, 0.25) is 0 Å². The Kier molecular flexibility index (Phi) is 4.84. The van der Waals surface area contributed by atoms with Gasteiger partial charge in [0.2, 0.25) is 0 Å². The Morgan fingerprint density at radius 3 is 2.89 bits per heavy atom. The molecule has 0 bridgehead atoms. The van der Waals surface area contributed by atoms with Gasteiger partial charge in [-0.25, -0.2) is 4.68 Å². The molecule has 0 unspecified atom stereocenters. The highest BCUT2D eigenvalue weighted by Gasteiger charge is 2.05. The van der Waals surface area contributed by atoms with Crippen molar-refractivity contribution in [2.45, 2.75) is 24.8 Å². The van der Waals surface area contributed by atoms with Crippen LogP contribution in [0.3, 0.4) is 0 Å². The van der Waals surface area contributed by atoms with Crippen LogP contribution in [0.1, 0.15) is 19.0 Å². The molecule has 0 radical (unpaired) electrons. The number of aromatic nitrogens is 2. The molecule has 0 aliphatic rings. The van der Waals surface area contributed by atoms with Crippen molar-refractivity contribution in [1.82, 2.24) is 15.1 Å². The van der Waals surface area contributed by atoms with Crippen molar-refractivity contribution < 1.29 is 0 Å². The van der Waals surface area contributed by atoms with Crippen LogP contribution in [0.4, 0.5) is 0 Å². The normalized spacial score (nSPS) is 10.8. The summed E-state index contributed by atoms with van der Waals surface area (Å²) in [6.45, 7) is 4.04. The summed E-state index contributed by atoms with van der Waals surface area (Å²) in [6.07, 6.45) is 5.26. The summed E-state index contributed by atoms with van der Waals surface area (Å²) in [5, 5.41) is 7.97. The molecule has 2 rings (SSSR count). The Balaban J connectivity index is 2.13. The number of hydrogen-bond acceptors (Lipinski definition) is 3. The molecule has 0 amide bonds. The number of nitrogens with one attached hydrogen (secondary N) is 1. The lowest BCUT2D eigenvalue weighted by Crippen LogP contribution is -2.14. The van der Waals surface area contributed by atoms with E-state index in [9.17, 15) is 0 Å². The molecule has 0 atom stereocenters. The lowest BCUT2D eigenvalue weighted by atomic mass is 10.3. The first kappa shape index (κ1) is 13.2. The fourth-order valence-electron chi connectivity index (χ4n) is 1.80. The van der Waals surface area contributed by atoms with E-state index in [4.69, 9.17) is 0 Å². The van der Waals surface area contributed by atoms with E-state index in [2.05, 4.69) is 47.9 Å². The zero-order valence-electron chi connectivity index (χ0n) is 10.9. The summed E-state index contributed by atoms with van der Waals surface area (Å²) in [6, 6.07) is 10.4. The first-order chi connectivity index (χ1) is 8.85. The van der Waals surface area contributed by atoms with Crippen molar-refractivity contribution >= 4 is 11.8 Å². The average Bonchev–Trinajstić information content (AvgIpc) is 2.88. The van der Waals surface area contributed by atoms with Gasteiger partial charge in [0.25, 0.3) is 0 Å². The molecule has 96 valence electrons. The topological polar surface area (TPSA) is 29.9 Å². The number of para-hydroxylation sites is 1. The second-order valence-electron chi connectivity index (χ2n) is 4.10. The fraction of sp³-hybridized carbons (Fsp3) is 0.357. The van der Waals surface area contributed by atoms with Crippen LogP contribution in [-0.2, 0) is 6.54 Å². The van der Waals surface area contributed by atoms with Crippen LogP contribution in [0.5, 0.6) is 0 Å². The minimum Gasteiger partial charge on any atom is -0.311 e. The van der Waals surface area contributed by atoms with Gasteiger partial charge >= 0.3 is 0 Å². The summed E-state index contributed by atoms with van der Waals surface area (Å²) in [7, 11) is 0. The van der Waals surface area contributed by atoms with E-state index in [1.165, 1.54) is 4.90 Å². The highest BCUT2D eigenvalue weighted by Crippen LogP contribution is 2.22. The van der Waals surface area contributed by atoms with Gasteiger partial charge in [0.1, 0.15) is 0 Å². The Morgan fingerprint density at radius 1 is 1.28 bits per heavy atom. The van der Waals surface area contributed by atoms with Crippen LogP contribution in [0, 0.1) is 0 Å². The fourth-order valence-corrected chi connectivity index (χ4v) is 2.39. The first-order valence-corrected chi connectivity index (χ1v) is 7.46. The number of nitrogens with zero attached hydrogens (tertiary/aromatic N) is 2. The summed E-state index contributed by atoms with van der Waals surface area (Å²) in [5.41, 5.74) is 2.23. The van der Waals surface area contributed by atoms with Crippen molar-refractivity contribution in [2.75, 3.05) is 12.8 Å². The molecular formula is C14H19N3S. The third kappa shape index (κ3) is 3.15. The van der Waals surface area contributed by atoms with E-state index < -0.39 is 0 Å². The van der Waals surface area contributed by atoms with E-state index >= 15 is 0 Å². The van der Waals surface area contributed by atoms with Gasteiger partial charge in [-0.2, -0.15) is 5.10 Å². The predicted molar refractivity (Wildman–Crippen MR) is 77.3 cm³/mol. The van der Waals surface area contributed by atoms with Gasteiger partial charge in [-0.3, -0.25) is 0 Å². The zero-order valence-corrected chi connectivity index (χ0v) is 11.7. The molecule has 4 heteroatoms. The Labute approximate surface area is 113 Å². The maximum Gasteiger partial charge on any atom is 0.0781 e. The lowest BCUT2D eigenvalue weighted by molar-refractivity contribution is 0.656. The van der Waals surface area contributed by atoms with Crippen molar-refractivity contribution in [3.63, 3.8) is 0 Å². The van der Waals surface area contributed by atoms with Crippen molar-refractivity contribution in [3.05, 3.63) is 42.2 Å². The highest BCUT2D eigenvalue weighted by molar-refractivity contribution is 7.98. The second-order valence-corrected chi connectivity index (χ2v) is 4.95.